The molecule has 0 aliphatic carbocycles. The maximum Gasteiger partial charge on any atom is 0.339 e. The molecule has 3 rings (SSSR count). The van der Waals surface area contributed by atoms with E-state index in [9.17, 15) is 19.6 Å². The molecule has 0 aromatic heterocycles. The van der Waals surface area contributed by atoms with Crippen molar-refractivity contribution in [3.05, 3.63) is 71.3 Å². The lowest BCUT2D eigenvalue weighted by Gasteiger charge is -2.20. The molecule has 0 spiro atoms. The van der Waals surface area contributed by atoms with Crippen LogP contribution in [0.5, 0.6) is 0 Å². The first-order valence-electron chi connectivity index (χ1n) is 8.26. The van der Waals surface area contributed by atoms with Gasteiger partial charge in [-0.1, -0.05) is 46.3 Å². The predicted molar refractivity (Wildman–Crippen MR) is 100 cm³/mol. The molecule has 2 amide bonds. The third-order valence-electron chi connectivity index (χ3n) is 4.13. The molecule has 1 aliphatic heterocycles. The Morgan fingerprint density at radius 2 is 1.59 bits per heavy atom. The number of nitriles is 1. The molecule has 27 heavy (non-hydrogen) atoms. The Balaban J connectivity index is 1.61. The van der Waals surface area contributed by atoms with Crippen molar-refractivity contribution in [1.82, 2.24) is 4.90 Å². The molecular weight excluding hydrogens is 412 g/mol. The van der Waals surface area contributed by atoms with Gasteiger partial charge in [0.1, 0.15) is 6.07 Å². The fourth-order valence-electron chi connectivity index (χ4n) is 2.81. The minimum Gasteiger partial charge on any atom is -0.443 e. The highest BCUT2D eigenvalue weighted by atomic mass is 79.9. The molecular formula is C20H15BrN2O4. The largest absolute Gasteiger partial charge is 0.443 e. The highest BCUT2D eigenvalue weighted by Crippen LogP contribution is 2.24. The standard InChI is InChI=1S/C20H15BrN2O4/c21-14(10-15(11-22)27-20(26)13-6-2-1-3-7-13)12-23-18(24)16-8-4-5-9-17(16)19(23)25/h1-9,14-15H,10,12H2. The van der Waals surface area contributed by atoms with E-state index in [4.69, 9.17) is 4.74 Å². The van der Waals surface area contributed by atoms with Crippen molar-refractivity contribution in [2.45, 2.75) is 17.4 Å². The molecule has 0 bridgehead atoms. The van der Waals surface area contributed by atoms with Crippen LogP contribution in [0.2, 0.25) is 0 Å². The first-order valence-corrected chi connectivity index (χ1v) is 9.17. The molecule has 1 aliphatic rings. The number of rotatable bonds is 6. The number of carbonyl (C=O) groups is 3. The second-order valence-electron chi connectivity index (χ2n) is 5.99. The zero-order valence-corrected chi connectivity index (χ0v) is 15.8. The first-order chi connectivity index (χ1) is 13.0. The molecule has 0 N–H and O–H groups in total. The third-order valence-corrected chi connectivity index (χ3v) is 4.79. The lowest BCUT2D eigenvalue weighted by Crippen LogP contribution is -2.36. The molecule has 7 heteroatoms. The van der Waals surface area contributed by atoms with Crippen LogP contribution in [0.3, 0.4) is 0 Å². The summed E-state index contributed by atoms with van der Waals surface area (Å²) in [5, 5.41) is 9.28. The number of carbonyl (C=O) groups excluding carboxylic acids is 3. The summed E-state index contributed by atoms with van der Waals surface area (Å²) in [5.41, 5.74) is 1.09. The van der Waals surface area contributed by atoms with E-state index in [0.717, 1.165) is 4.90 Å². The van der Waals surface area contributed by atoms with Crippen molar-refractivity contribution in [2.24, 2.45) is 0 Å². The Morgan fingerprint density at radius 3 is 2.15 bits per heavy atom. The van der Waals surface area contributed by atoms with Crippen molar-refractivity contribution in [1.29, 1.82) is 5.26 Å². The zero-order chi connectivity index (χ0) is 19.4. The fraction of sp³-hybridized carbons (Fsp3) is 0.200. The van der Waals surface area contributed by atoms with Crippen LogP contribution >= 0.6 is 15.9 Å². The van der Waals surface area contributed by atoms with Crippen LogP contribution < -0.4 is 0 Å². The molecule has 0 radical (unpaired) electrons. The third kappa shape index (κ3) is 4.07. The second-order valence-corrected chi connectivity index (χ2v) is 7.28. The van der Waals surface area contributed by atoms with E-state index in [0.29, 0.717) is 16.7 Å². The number of hydrogen-bond acceptors (Lipinski definition) is 5. The van der Waals surface area contributed by atoms with Crippen molar-refractivity contribution in [3.8, 4) is 6.07 Å². The van der Waals surface area contributed by atoms with Crippen LogP contribution in [-0.2, 0) is 4.74 Å². The lowest BCUT2D eigenvalue weighted by atomic mass is 10.1. The van der Waals surface area contributed by atoms with E-state index in [1.54, 1.807) is 54.6 Å². The SMILES string of the molecule is N#CC(CC(Br)CN1C(=O)c2ccccc2C1=O)OC(=O)c1ccccc1. The summed E-state index contributed by atoms with van der Waals surface area (Å²) in [4.78, 5) is 37.6. The smallest absolute Gasteiger partial charge is 0.339 e. The normalized spacial score (nSPS) is 15.0. The maximum absolute atomic E-state index is 12.4. The molecule has 0 saturated carbocycles. The predicted octanol–water partition coefficient (Wildman–Crippen LogP) is 3.19. The number of esters is 1. The Bertz CT molecular complexity index is 888. The summed E-state index contributed by atoms with van der Waals surface area (Å²) in [5.74, 6) is -1.33. The molecule has 2 atom stereocenters. The molecule has 1 heterocycles. The van der Waals surface area contributed by atoms with E-state index in [2.05, 4.69) is 15.9 Å². The molecule has 2 aromatic carbocycles. The van der Waals surface area contributed by atoms with Gasteiger partial charge in [0, 0.05) is 17.8 Å². The van der Waals surface area contributed by atoms with Gasteiger partial charge in [-0.15, -0.1) is 0 Å². The Hall–Kier alpha value is -2.98. The van der Waals surface area contributed by atoms with Gasteiger partial charge in [-0.25, -0.2) is 4.79 Å². The number of nitrogens with zero attached hydrogens (tertiary/aromatic N) is 2. The topological polar surface area (TPSA) is 87.5 Å². The number of alkyl halides is 1. The minimum absolute atomic E-state index is 0.0768. The van der Waals surface area contributed by atoms with Gasteiger partial charge in [0.25, 0.3) is 11.8 Å². The highest BCUT2D eigenvalue weighted by Gasteiger charge is 2.36. The highest BCUT2D eigenvalue weighted by molar-refractivity contribution is 9.09. The zero-order valence-electron chi connectivity index (χ0n) is 14.2. The molecule has 136 valence electrons. The number of benzene rings is 2. The van der Waals surface area contributed by atoms with Crippen LogP contribution in [0.25, 0.3) is 0 Å². The monoisotopic (exact) mass is 426 g/mol. The molecule has 2 aromatic rings. The van der Waals surface area contributed by atoms with E-state index < -0.39 is 16.9 Å². The molecule has 0 fully saturated rings. The van der Waals surface area contributed by atoms with Gasteiger partial charge < -0.3 is 4.74 Å². The second kappa shape index (κ2) is 8.14. The number of halogens is 1. The van der Waals surface area contributed by atoms with Gasteiger partial charge in [0.2, 0.25) is 0 Å². The molecule has 2 unspecified atom stereocenters. The van der Waals surface area contributed by atoms with E-state index in [1.807, 2.05) is 6.07 Å². The number of imide groups is 1. The van der Waals surface area contributed by atoms with Gasteiger partial charge in [-0.3, -0.25) is 14.5 Å². The summed E-state index contributed by atoms with van der Waals surface area (Å²) >= 11 is 3.39. The Labute approximate surface area is 164 Å². The Morgan fingerprint density at radius 1 is 1.04 bits per heavy atom. The van der Waals surface area contributed by atoms with E-state index in [1.165, 1.54) is 0 Å². The summed E-state index contributed by atoms with van der Waals surface area (Å²) in [6.07, 6.45) is -0.861. The number of amides is 2. The van der Waals surface area contributed by atoms with Crippen molar-refractivity contribution in [2.75, 3.05) is 6.54 Å². The van der Waals surface area contributed by atoms with Crippen LogP contribution in [0.15, 0.2) is 54.6 Å². The minimum atomic E-state index is -1.00. The van der Waals surface area contributed by atoms with Gasteiger partial charge in [0.15, 0.2) is 6.10 Å². The van der Waals surface area contributed by atoms with Gasteiger partial charge in [-0.2, -0.15) is 5.26 Å². The molecule has 0 saturated heterocycles. The van der Waals surface area contributed by atoms with Crippen LogP contribution in [-0.4, -0.2) is 40.2 Å². The number of ether oxygens (including phenoxy) is 1. The average Bonchev–Trinajstić information content (AvgIpc) is 2.93. The van der Waals surface area contributed by atoms with Crippen molar-refractivity contribution >= 4 is 33.7 Å². The summed E-state index contributed by atoms with van der Waals surface area (Å²) in [6.45, 7) is 0.0768. The maximum atomic E-state index is 12.4. The number of hydrogen-bond donors (Lipinski definition) is 0. The average molecular weight is 427 g/mol. The van der Waals surface area contributed by atoms with Crippen LogP contribution in [0, 0.1) is 11.3 Å². The van der Waals surface area contributed by atoms with Gasteiger partial charge in [0.05, 0.1) is 16.7 Å². The number of fused-ring (bicyclic) bond motifs is 1. The Kier molecular flexibility index (Phi) is 5.67. The van der Waals surface area contributed by atoms with Gasteiger partial charge in [-0.05, 0) is 24.3 Å². The fourth-order valence-corrected chi connectivity index (χ4v) is 3.44. The van der Waals surface area contributed by atoms with E-state index in [-0.39, 0.29) is 24.8 Å². The summed E-state index contributed by atoms with van der Waals surface area (Å²) in [7, 11) is 0. The quantitative estimate of drug-likeness (QED) is 0.402. The van der Waals surface area contributed by atoms with Crippen molar-refractivity contribution in [3.63, 3.8) is 0 Å². The summed E-state index contributed by atoms with van der Waals surface area (Å²) < 4.78 is 5.22. The first kappa shape index (κ1) is 18.8. The molecule has 6 nitrogen and oxygen atoms in total. The van der Waals surface area contributed by atoms with Gasteiger partial charge >= 0.3 is 5.97 Å². The lowest BCUT2D eigenvalue weighted by molar-refractivity contribution is 0.0383. The van der Waals surface area contributed by atoms with Crippen LogP contribution in [0.4, 0.5) is 0 Å². The van der Waals surface area contributed by atoms with Crippen molar-refractivity contribution < 1.29 is 19.1 Å². The van der Waals surface area contributed by atoms with Crippen LogP contribution in [0.1, 0.15) is 37.5 Å². The van der Waals surface area contributed by atoms with E-state index >= 15 is 0 Å². The summed E-state index contributed by atoms with van der Waals surface area (Å²) in [6, 6.07) is 16.9.